The summed E-state index contributed by atoms with van der Waals surface area (Å²) >= 11 is 4.79. The molecule has 0 heterocycles. The predicted octanol–water partition coefficient (Wildman–Crippen LogP) is 1.16. The molecule has 1 aromatic rings. The second-order valence-corrected chi connectivity index (χ2v) is 3.36. The van der Waals surface area contributed by atoms with Crippen LogP contribution in [-0.2, 0) is 11.2 Å². The molecular weight excluding hydrogens is 214 g/mol. The summed E-state index contributed by atoms with van der Waals surface area (Å²) in [4.78, 5) is 0. The van der Waals surface area contributed by atoms with E-state index in [0.717, 1.165) is 5.56 Å². The molecule has 0 aromatic heterocycles. The second kappa shape index (κ2) is 5.41. The van der Waals surface area contributed by atoms with Gasteiger partial charge in [0.15, 0.2) is 11.5 Å². The van der Waals surface area contributed by atoms with Crippen molar-refractivity contribution in [2.75, 3.05) is 13.7 Å². The lowest BCUT2D eigenvalue weighted by molar-refractivity contribution is 0.393. The van der Waals surface area contributed by atoms with Gasteiger partial charge in [-0.3, -0.25) is 0 Å². The molecule has 4 nitrogen and oxygen atoms in total. The van der Waals surface area contributed by atoms with Gasteiger partial charge in [-0.2, -0.15) is 0 Å². The van der Waals surface area contributed by atoms with E-state index in [-0.39, 0.29) is 11.5 Å². The SMILES string of the molecule is COC(=S)NCCc1ccc(O)c(O)c1. The standard InChI is InChI=1S/C10H13NO3S/c1-14-10(15)11-5-4-7-2-3-8(12)9(13)6-7/h2-3,6,12-13H,4-5H2,1H3,(H,11,15). The lowest BCUT2D eigenvalue weighted by Gasteiger charge is -2.06. The monoisotopic (exact) mass is 227 g/mol. The van der Waals surface area contributed by atoms with E-state index < -0.39 is 0 Å². The average molecular weight is 227 g/mol. The maximum absolute atomic E-state index is 9.23. The number of phenolic OH excluding ortho intramolecular Hbond substituents is 2. The fraction of sp³-hybridized carbons (Fsp3) is 0.300. The first-order valence-corrected chi connectivity index (χ1v) is 4.87. The van der Waals surface area contributed by atoms with Gasteiger partial charge in [-0.1, -0.05) is 6.07 Å². The normalized spacial score (nSPS) is 9.67. The molecule has 82 valence electrons. The van der Waals surface area contributed by atoms with E-state index in [1.165, 1.54) is 19.2 Å². The molecule has 1 rings (SSSR count). The first kappa shape index (κ1) is 11.6. The lowest BCUT2D eigenvalue weighted by atomic mass is 10.1. The molecule has 0 aliphatic carbocycles. The van der Waals surface area contributed by atoms with E-state index in [1.807, 2.05) is 0 Å². The maximum atomic E-state index is 9.23. The van der Waals surface area contributed by atoms with Gasteiger partial charge in [-0.25, -0.2) is 0 Å². The molecule has 3 N–H and O–H groups in total. The van der Waals surface area contributed by atoms with Crippen LogP contribution in [0, 0.1) is 0 Å². The van der Waals surface area contributed by atoms with Crippen LogP contribution in [0.25, 0.3) is 0 Å². The van der Waals surface area contributed by atoms with Crippen LogP contribution in [0.15, 0.2) is 18.2 Å². The quantitative estimate of drug-likeness (QED) is 0.534. The Morgan fingerprint density at radius 1 is 1.40 bits per heavy atom. The van der Waals surface area contributed by atoms with Crippen LogP contribution in [0.3, 0.4) is 0 Å². The fourth-order valence-electron chi connectivity index (χ4n) is 1.11. The van der Waals surface area contributed by atoms with Crippen molar-refractivity contribution >= 4 is 17.4 Å². The Bertz CT molecular complexity index is 355. The van der Waals surface area contributed by atoms with Crippen molar-refractivity contribution < 1.29 is 14.9 Å². The van der Waals surface area contributed by atoms with Gasteiger partial charge in [0.05, 0.1) is 7.11 Å². The van der Waals surface area contributed by atoms with Gasteiger partial charge < -0.3 is 20.3 Å². The number of hydrogen-bond donors (Lipinski definition) is 3. The molecule has 0 saturated carbocycles. The summed E-state index contributed by atoms with van der Waals surface area (Å²) in [6.45, 7) is 0.622. The van der Waals surface area contributed by atoms with Gasteiger partial charge in [0.2, 0.25) is 0 Å². The molecule has 0 amide bonds. The molecule has 0 aliphatic heterocycles. The molecule has 0 aliphatic rings. The zero-order chi connectivity index (χ0) is 11.3. The second-order valence-electron chi connectivity index (χ2n) is 2.99. The summed E-state index contributed by atoms with van der Waals surface area (Å²) < 4.78 is 4.76. The Morgan fingerprint density at radius 2 is 2.13 bits per heavy atom. The molecule has 0 atom stereocenters. The first-order valence-electron chi connectivity index (χ1n) is 4.46. The van der Waals surface area contributed by atoms with Crippen LogP contribution in [0.1, 0.15) is 5.56 Å². The zero-order valence-corrected chi connectivity index (χ0v) is 9.17. The van der Waals surface area contributed by atoms with Crippen LogP contribution in [-0.4, -0.2) is 29.0 Å². The van der Waals surface area contributed by atoms with E-state index in [2.05, 4.69) is 5.32 Å². The van der Waals surface area contributed by atoms with Crippen molar-refractivity contribution in [2.45, 2.75) is 6.42 Å². The molecule has 5 heteroatoms. The molecule has 0 bridgehead atoms. The Labute approximate surface area is 93.5 Å². The van der Waals surface area contributed by atoms with Crippen LogP contribution < -0.4 is 5.32 Å². The van der Waals surface area contributed by atoms with E-state index in [4.69, 9.17) is 22.1 Å². The van der Waals surface area contributed by atoms with Gasteiger partial charge >= 0.3 is 0 Å². The molecule has 0 spiro atoms. The molecule has 0 fully saturated rings. The number of benzene rings is 1. The molecule has 0 saturated heterocycles. The maximum Gasteiger partial charge on any atom is 0.256 e. The summed E-state index contributed by atoms with van der Waals surface area (Å²) in [5.74, 6) is -0.221. The van der Waals surface area contributed by atoms with Crippen molar-refractivity contribution in [3.05, 3.63) is 23.8 Å². The van der Waals surface area contributed by atoms with E-state index in [0.29, 0.717) is 18.1 Å². The minimum absolute atomic E-state index is 0.109. The number of aromatic hydroxyl groups is 2. The fourth-order valence-corrected chi connectivity index (χ4v) is 1.21. The van der Waals surface area contributed by atoms with E-state index in [9.17, 15) is 5.11 Å². The summed E-state index contributed by atoms with van der Waals surface area (Å²) in [6.07, 6.45) is 0.692. The van der Waals surface area contributed by atoms with Crippen molar-refractivity contribution in [3.63, 3.8) is 0 Å². The number of rotatable bonds is 3. The number of phenols is 2. The first-order chi connectivity index (χ1) is 7.13. The van der Waals surface area contributed by atoms with Crippen LogP contribution >= 0.6 is 12.2 Å². The third kappa shape index (κ3) is 3.63. The molecule has 0 radical (unpaired) electrons. The minimum Gasteiger partial charge on any atom is -0.504 e. The average Bonchev–Trinajstić information content (AvgIpc) is 2.23. The van der Waals surface area contributed by atoms with Crippen LogP contribution in [0.2, 0.25) is 0 Å². The molecule has 15 heavy (non-hydrogen) atoms. The smallest absolute Gasteiger partial charge is 0.256 e. The number of nitrogens with one attached hydrogen (secondary N) is 1. The van der Waals surface area contributed by atoms with E-state index in [1.54, 1.807) is 6.07 Å². The predicted molar refractivity (Wildman–Crippen MR) is 61.1 cm³/mol. The van der Waals surface area contributed by atoms with E-state index >= 15 is 0 Å². The van der Waals surface area contributed by atoms with Gasteiger partial charge in [0, 0.05) is 6.54 Å². The number of ether oxygens (including phenoxy) is 1. The molecule has 1 aromatic carbocycles. The third-order valence-corrected chi connectivity index (χ3v) is 2.22. The Balaban J connectivity index is 2.44. The highest BCUT2D eigenvalue weighted by Gasteiger charge is 2.00. The zero-order valence-electron chi connectivity index (χ0n) is 8.36. The van der Waals surface area contributed by atoms with Crippen molar-refractivity contribution in [1.82, 2.24) is 5.32 Å². The number of thiocarbonyl (C=S) groups is 1. The van der Waals surface area contributed by atoms with Crippen LogP contribution in [0.5, 0.6) is 11.5 Å². The number of hydrogen-bond acceptors (Lipinski definition) is 4. The van der Waals surface area contributed by atoms with Gasteiger partial charge in [-0.15, -0.1) is 0 Å². The Kier molecular flexibility index (Phi) is 4.17. The lowest BCUT2D eigenvalue weighted by Crippen LogP contribution is -2.24. The number of methoxy groups -OCH3 is 1. The highest BCUT2D eigenvalue weighted by Crippen LogP contribution is 2.24. The van der Waals surface area contributed by atoms with Crippen molar-refractivity contribution in [2.24, 2.45) is 0 Å². The summed E-state index contributed by atoms with van der Waals surface area (Å²) in [5.41, 5.74) is 0.914. The van der Waals surface area contributed by atoms with Crippen molar-refractivity contribution in [1.29, 1.82) is 0 Å². The van der Waals surface area contributed by atoms with Gasteiger partial charge in [-0.05, 0) is 36.3 Å². The minimum atomic E-state index is -0.112. The Morgan fingerprint density at radius 3 is 2.73 bits per heavy atom. The van der Waals surface area contributed by atoms with Gasteiger partial charge in [0.1, 0.15) is 0 Å². The Hall–Kier alpha value is -1.49. The summed E-state index contributed by atoms with van der Waals surface area (Å²) in [7, 11) is 1.50. The van der Waals surface area contributed by atoms with Gasteiger partial charge in [0.25, 0.3) is 5.17 Å². The molecular formula is C10H13NO3S. The van der Waals surface area contributed by atoms with Crippen LogP contribution in [0.4, 0.5) is 0 Å². The highest BCUT2D eigenvalue weighted by molar-refractivity contribution is 7.80. The largest absolute Gasteiger partial charge is 0.504 e. The topological polar surface area (TPSA) is 61.7 Å². The summed E-state index contributed by atoms with van der Waals surface area (Å²) in [5, 5.41) is 21.5. The van der Waals surface area contributed by atoms with Crippen molar-refractivity contribution in [3.8, 4) is 11.5 Å². The summed E-state index contributed by atoms with van der Waals surface area (Å²) in [6, 6.07) is 4.72. The molecule has 0 unspecified atom stereocenters. The highest BCUT2D eigenvalue weighted by atomic mass is 32.1. The third-order valence-electron chi connectivity index (χ3n) is 1.91.